The monoisotopic (exact) mass is 335 g/mol. The van der Waals surface area contributed by atoms with E-state index in [0.717, 1.165) is 19.4 Å². The zero-order chi connectivity index (χ0) is 17.1. The van der Waals surface area contributed by atoms with Gasteiger partial charge in [0.2, 0.25) is 0 Å². The number of carboxylic acid groups (broad SMARTS) is 1. The van der Waals surface area contributed by atoms with Crippen LogP contribution in [0.4, 0.5) is 5.69 Å². The van der Waals surface area contributed by atoms with Crippen LogP contribution in [-0.4, -0.2) is 23.7 Å². The van der Waals surface area contributed by atoms with Crippen molar-refractivity contribution in [2.24, 2.45) is 11.8 Å². The maximum absolute atomic E-state index is 11.8. The number of aromatic carboxylic acids is 1. The minimum Gasteiger partial charge on any atom is -0.478 e. The molecule has 1 aromatic carbocycles. The van der Waals surface area contributed by atoms with Crippen LogP contribution in [-0.2, 0) is 0 Å². The zero-order valence-electron chi connectivity index (χ0n) is 14.7. The molecule has 0 unspecified atom stereocenters. The lowest BCUT2D eigenvalue weighted by Gasteiger charge is -2.51. The Hall–Kier alpha value is -2.03. The molecule has 2 heterocycles. The summed E-state index contributed by atoms with van der Waals surface area (Å²) < 4.78 is 0. The summed E-state index contributed by atoms with van der Waals surface area (Å²) in [5.74, 6) is 1.20. The van der Waals surface area contributed by atoms with Crippen LogP contribution < -0.4 is 4.90 Å². The molecule has 25 heavy (non-hydrogen) atoms. The van der Waals surface area contributed by atoms with Crippen LogP contribution in [0.1, 0.15) is 65.9 Å². The third-order valence-corrected chi connectivity index (χ3v) is 6.83. The first-order valence-corrected chi connectivity index (χ1v) is 9.70. The summed E-state index contributed by atoms with van der Waals surface area (Å²) in [6, 6.07) is 4.51. The van der Waals surface area contributed by atoms with Crippen LogP contribution >= 0.6 is 0 Å². The highest BCUT2D eigenvalue weighted by Crippen LogP contribution is 2.55. The van der Waals surface area contributed by atoms with Gasteiger partial charge in [-0.25, -0.2) is 4.79 Å². The summed E-state index contributed by atoms with van der Waals surface area (Å²) in [7, 11) is 0. The van der Waals surface area contributed by atoms with Crippen molar-refractivity contribution in [3.63, 3.8) is 0 Å². The van der Waals surface area contributed by atoms with Crippen LogP contribution in [0.3, 0.4) is 0 Å². The Morgan fingerprint density at radius 1 is 1.16 bits per heavy atom. The molecule has 0 radical (unpaired) electrons. The number of hydrogen-bond acceptors (Lipinski definition) is 2. The van der Waals surface area contributed by atoms with E-state index in [4.69, 9.17) is 0 Å². The number of carboxylic acids is 1. The molecule has 3 heteroatoms. The third kappa shape index (κ3) is 2.08. The maximum Gasteiger partial charge on any atom is 0.335 e. The Kier molecular flexibility index (Phi) is 3.34. The van der Waals surface area contributed by atoms with Gasteiger partial charge >= 0.3 is 5.97 Å². The van der Waals surface area contributed by atoms with Gasteiger partial charge in [-0.05, 0) is 54.4 Å². The molecule has 1 aromatic rings. The van der Waals surface area contributed by atoms with E-state index < -0.39 is 5.97 Å². The maximum atomic E-state index is 11.8. The summed E-state index contributed by atoms with van der Waals surface area (Å²) in [5, 5.41) is 9.66. The molecule has 0 spiro atoms. The van der Waals surface area contributed by atoms with Crippen LogP contribution in [0, 0.1) is 11.8 Å². The number of hydrogen-bond donors (Lipinski definition) is 1. The van der Waals surface area contributed by atoms with E-state index in [2.05, 4.69) is 36.1 Å². The summed E-state index contributed by atoms with van der Waals surface area (Å²) in [4.78, 5) is 14.4. The average Bonchev–Trinajstić information content (AvgIpc) is 3.26. The van der Waals surface area contributed by atoms with Gasteiger partial charge in [0, 0.05) is 30.1 Å². The molecular formula is C22H25NO2. The number of carbonyl (C=O) groups is 1. The SMILES string of the molecule is CCC[C@H]1[C@H]2CC=C[C@H]2c2cc(C(=O)O)cc3c2N1C[C@@H]1CC=C[C@H]31. The highest BCUT2D eigenvalue weighted by molar-refractivity contribution is 5.90. The second kappa shape index (κ2) is 5.48. The number of fused-ring (bicyclic) bond motifs is 4. The molecule has 5 atom stereocenters. The molecule has 3 nitrogen and oxygen atoms in total. The van der Waals surface area contributed by atoms with Crippen molar-refractivity contribution in [1.29, 1.82) is 0 Å². The number of anilines is 1. The first-order chi connectivity index (χ1) is 12.2. The van der Waals surface area contributed by atoms with Crippen LogP contribution in [0.5, 0.6) is 0 Å². The molecular weight excluding hydrogens is 310 g/mol. The molecule has 0 fully saturated rings. The summed E-state index contributed by atoms with van der Waals surface area (Å²) in [6.45, 7) is 3.41. The van der Waals surface area contributed by atoms with Gasteiger partial charge in [-0.1, -0.05) is 37.6 Å². The topological polar surface area (TPSA) is 40.5 Å². The van der Waals surface area contributed by atoms with Gasteiger partial charge in [-0.3, -0.25) is 0 Å². The van der Waals surface area contributed by atoms with Crippen LogP contribution in [0.2, 0.25) is 0 Å². The Labute approximate surface area is 149 Å². The Bertz CT molecular complexity index is 776. The van der Waals surface area contributed by atoms with E-state index in [1.54, 1.807) is 0 Å². The van der Waals surface area contributed by atoms with E-state index >= 15 is 0 Å². The van der Waals surface area contributed by atoms with Crippen molar-refractivity contribution in [3.8, 4) is 0 Å². The van der Waals surface area contributed by atoms with Crippen molar-refractivity contribution < 1.29 is 9.90 Å². The van der Waals surface area contributed by atoms with Crippen LogP contribution in [0.15, 0.2) is 36.4 Å². The van der Waals surface area contributed by atoms with E-state index in [0.29, 0.717) is 35.3 Å². The van der Waals surface area contributed by atoms with Crippen molar-refractivity contribution in [2.75, 3.05) is 11.4 Å². The van der Waals surface area contributed by atoms with Crippen molar-refractivity contribution >= 4 is 11.7 Å². The number of nitrogens with zero attached hydrogens (tertiary/aromatic N) is 1. The highest BCUT2D eigenvalue weighted by atomic mass is 16.4. The molecule has 5 rings (SSSR count). The lowest BCUT2D eigenvalue weighted by atomic mass is 9.71. The lowest BCUT2D eigenvalue weighted by Crippen LogP contribution is -2.51. The Morgan fingerprint density at radius 2 is 1.88 bits per heavy atom. The number of rotatable bonds is 3. The summed E-state index contributed by atoms with van der Waals surface area (Å²) in [5.41, 5.74) is 4.35. The molecule has 2 aliphatic heterocycles. The van der Waals surface area contributed by atoms with Gasteiger partial charge in [-0.2, -0.15) is 0 Å². The number of allylic oxidation sites excluding steroid dienone is 4. The molecule has 0 aromatic heterocycles. The van der Waals surface area contributed by atoms with Crippen molar-refractivity contribution in [2.45, 2.75) is 50.5 Å². The smallest absolute Gasteiger partial charge is 0.335 e. The first kappa shape index (κ1) is 15.2. The van der Waals surface area contributed by atoms with Gasteiger partial charge in [0.05, 0.1) is 5.56 Å². The fourth-order valence-electron chi connectivity index (χ4n) is 5.84. The van der Waals surface area contributed by atoms with E-state index in [9.17, 15) is 9.90 Å². The van der Waals surface area contributed by atoms with Gasteiger partial charge in [0.25, 0.3) is 0 Å². The van der Waals surface area contributed by atoms with Gasteiger partial charge in [-0.15, -0.1) is 0 Å². The predicted molar refractivity (Wildman–Crippen MR) is 99.4 cm³/mol. The second-order valence-electron chi connectivity index (χ2n) is 8.12. The molecule has 4 aliphatic rings. The molecule has 0 saturated carbocycles. The molecule has 130 valence electrons. The quantitative estimate of drug-likeness (QED) is 0.814. The molecule has 0 amide bonds. The molecule has 2 aliphatic carbocycles. The Morgan fingerprint density at radius 3 is 2.64 bits per heavy atom. The minimum absolute atomic E-state index is 0.391. The normalized spacial score (nSPS) is 34.0. The first-order valence-electron chi connectivity index (χ1n) is 9.70. The largest absolute Gasteiger partial charge is 0.478 e. The second-order valence-corrected chi connectivity index (χ2v) is 8.12. The average molecular weight is 335 g/mol. The third-order valence-electron chi connectivity index (χ3n) is 6.83. The molecule has 0 saturated heterocycles. The molecule has 1 N–H and O–H groups in total. The fourth-order valence-corrected chi connectivity index (χ4v) is 5.84. The van der Waals surface area contributed by atoms with E-state index in [1.165, 1.54) is 29.7 Å². The summed E-state index contributed by atoms with van der Waals surface area (Å²) >= 11 is 0. The zero-order valence-corrected chi connectivity index (χ0v) is 14.7. The van der Waals surface area contributed by atoms with E-state index in [1.807, 2.05) is 12.1 Å². The van der Waals surface area contributed by atoms with Crippen LogP contribution in [0.25, 0.3) is 0 Å². The van der Waals surface area contributed by atoms with Gasteiger partial charge < -0.3 is 10.0 Å². The molecule has 0 bridgehead atoms. The summed E-state index contributed by atoms with van der Waals surface area (Å²) in [6.07, 6.45) is 13.9. The van der Waals surface area contributed by atoms with Gasteiger partial charge in [0.15, 0.2) is 0 Å². The van der Waals surface area contributed by atoms with Gasteiger partial charge in [0.1, 0.15) is 0 Å². The predicted octanol–water partition coefficient (Wildman–Crippen LogP) is 4.71. The highest BCUT2D eigenvalue weighted by Gasteiger charge is 2.47. The van der Waals surface area contributed by atoms with E-state index in [-0.39, 0.29) is 0 Å². The lowest BCUT2D eigenvalue weighted by molar-refractivity contribution is 0.0696. The number of benzene rings is 1. The van der Waals surface area contributed by atoms with Crippen molar-refractivity contribution in [1.82, 2.24) is 0 Å². The fraction of sp³-hybridized carbons (Fsp3) is 0.500. The minimum atomic E-state index is -0.802. The standard InChI is InChI=1S/C22H25NO2/c1-2-5-20-17-9-4-8-16(17)19-11-14(22(24)25)10-18-15-7-3-6-13(15)12-23(20)21(18)19/h3-4,7-8,10-11,13,15-17,20H,2,5-6,9,12H2,1H3,(H,24,25)/t13-,15-,16+,17-,20-/m0/s1. The van der Waals surface area contributed by atoms with Crippen molar-refractivity contribution in [3.05, 3.63) is 53.1 Å². The Balaban J connectivity index is 1.74.